The third-order valence-electron chi connectivity index (χ3n) is 2.79. The number of rotatable bonds is 4. The molecule has 0 bridgehead atoms. The van der Waals surface area contributed by atoms with E-state index in [2.05, 4.69) is 10.2 Å². The maximum absolute atomic E-state index is 12.6. The van der Waals surface area contributed by atoms with Gasteiger partial charge in [-0.2, -0.15) is 13.2 Å². The monoisotopic (exact) mass is 315 g/mol. The molecule has 2 rings (SSSR count). The van der Waals surface area contributed by atoms with E-state index in [0.717, 1.165) is 21.9 Å². The van der Waals surface area contributed by atoms with Gasteiger partial charge in [-0.3, -0.25) is 4.79 Å². The molecule has 0 unspecified atom stereocenters. The summed E-state index contributed by atoms with van der Waals surface area (Å²) in [5.74, 6) is -1.24. The quantitative estimate of drug-likeness (QED) is 0.642. The first-order valence-electron chi connectivity index (χ1n) is 5.98. The van der Waals surface area contributed by atoms with Crippen molar-refractivity contribution in [3.8, 4) is 0 Å². The normalized spacial score (nSPS) is 11.7. The molecule has 112 valence electrons. The predicted octanol–water partition coefficient (Wildman–Crippen LogP) is 3.12. The first-order valence-corrected chi connectivity index (χ1v) is 6.97. The number of alkyl halides is 3. The average molecular weight is 315 g/mol. The standard InChI is InChI=1S/C13H12F3N3OS/c1-8-3-5-9(6-4-8)10(20)7-21-12-18-17-11(19(12)2)13(14,15)16/h3-6H,7H2,1-2H3. The molecule has 8 heteroatoms. The minimum absolute atomic E-state index is 0.00684. The molecule has 0 amide bonds. The van der Waals surface area contributed by atoms with Crippen molar-refractivity contribution >= 4 is 17.5 Å². The SMILES string of the molecule is Cc1ccc(C(=O)CSc2nnc(C(F)(F)F)n2C)cc1. The van der Waals surface area contributed by atoms with Gasteiger partial charge in [-0.05, 0) is 6.92 Å². The number of aromatic nitrogens is 3. The third-order valence-corrected chi connectivity index (χ3v) is 3.81. The zero-order valence-corrected chi connectivity index (χ0v) is 12.1. The van der Waals surface area contributed by atoms with Crippen LogP contribution >= 0.6 is 11.8 Å². The van der Waals surface area contributed by atoms with Crippen molar-refractivity contribution in [2.45, 2.75) is 18.3 Å². The van der Waals surface area contributed by atoms with Gasteiger partial charge in [-0.1, -0.05) is 41.6 Å². The lowest BCUT2D eigenvalue weighted by atomic mass is 10.1. The highest BCUT2D eigenvalue weighted by atomic mass is 32.2. The summed E-state index contributed by atoms with van der Waals surface area (Å²) in [6, 6.07) is 7.00. The van der Waals surface area contributed by atoms with Crippen LogP contribution in [0.1, 0.15) is 21.7 Å². The molecule has 0 saturated carbocycles. The largest absolute Gasteiger partial charge is 0.451 e. The Labute approximate surface area is 123 Å². The molecule has 2 aromatic rings. The molecule has 1 heterocycles. The van der Waals surface area contributed by atoms with Crippen molar-refractivity contribution in [2.24, 2.45) is 7.05 Å². The maximum Gasteiger partial charge on any atom is 0.451 e. The molecule has 21 heavy (non-hydrogen) atoms. The topological polar surface area (TPSA) is 47.8 Å². The van der Waals surface area contributed by atoms with Crippen LogP contribution in [0.3, 0.4) is 0 Å². The number of hydrogen-bond donors (Lipinski definition) is 0. The molecule has 0 atom stereocenters. The minimum Gasteiger partial charge on any atom is -0.302 e. The van der Waals surface area contributed by atoms with Gasteiger partial charge >= 0.3 is 6.18 Å². The van der Waals surface area contributed by atoms with Gasteiger partial charge in [0.2, 0.25) is 5.82 Å². The van der Waals surface area contributed by atoms with E-state index < -0.39 is 12.0 Å². The van der Waals surface area contributed by atoms with Crippen LogP contribution in [0, 0.1) is 6.92 Å². The van der Waals surface area contributed by atoms with Crippen LogP contribution < -0.4 is 0 Å². The predicted molar refractivity (Wildman–Crippen MR) is 72.2 cm³/mol. The second-order valence-corrected chi connectivity index (χ2v) is 5.38. The zero-order valence-electron chi connectivity index (χ0n) is 11.3. The highest BCUT2D eigenvalue weighted by Gasteiger charge is 2.37. The minimum atomic E-state index is -4.55. The summed E-state index contributed by atoms with van der Waals surface area (Å²) in [5, 5.41) is 6.63. The average Bonchev–Trinajstić information content (AvgIpc) is 2.78. The molecule has 1 aromatic carbocycles. The van der Waals surface area contributed by atoms with Crippen LogP contribution in [0.2, 0.25) is 0 Å². The number of hydrogen-bond acceptors (Lipinski definition) is 4. The molecule has 0 radical (unpaired) electrons. The molecule has 4 nitrogen and oxygen atoms in total. The van der Waals surface area contributed by atoms with Crippen molar-refractivity contribution in [1.29, 1.82) is 0 Å². The fourth-order valence-electron chi connectivity index (χ4n) is 1.64. The number of halogens is 3. The van der Waals surface area contributed by atoms with Crippen LogP contribution in [0.15, 0.2) is 29.4 Å². The molecule has 0 fully saturated rings. The maximum atomic E-state index is 12.6. The van der Waals surface area contributed by atoms with Crippen molar-refractivity contribution < 1.29 is 18.0 Å². The Bertz CT molecular complexity index is 650. The summed E-state index contributed by atoms with van der Waals surface area (Å²) in [5.41, 5.74) is 1.55. The number of benzene rings is 1. The van der Waals surface area contributed by atoms with Gasteiger partial charge in [0.05, 0.1) is 5.75 Å². The van der Waals surface area contributed by atoms with E-state index in [1.54, 1.807) is 12.1 Å². The van der Waals surface area contributed by atoms with Crippen LogP contribution in [-0.2, 0) is 13.2 Å². The summed E-state index contributed by atoms with van der Waals surface area (Å²) >= 11 is 0.931. The van der Waals surface area contributed by atoms with E-state index >= 15 is 0 Å². The number of Topliss-reactive ketones (excluding diaryl/α,β-unsaturated/α-hetero) is 1. The van der Waals surface area contributed by atoms with E-state index in [9.17, 15) is 18.0 Å². The number of ketones is 1. The van der Waals surface area contributed by atoms with Gasteiger partial charge in [0.1, 0.15) is 0 Å². The van der Waals surface area contributed by atoms with E-state index in [0.29, 0.717) is 5.56 Å². The van der Waals surface area contributed by atoms with E-state index in [1.165, 1.54) is 7.05 Å². The molecular formula is C13H12F3N3OS. The lowest BCUT2D eigenvalue weighted by molar-refractivity contribution is -0.147. The Morgan fingerprint density at radius 2 is 1.86 bits per heavy atom. The Hall–Kier alpha value is -1.83. The first kappa shape index (κ1) is 15.6. The lowest BCUT2D eigenvalue weighted by Crippen LogP contribution is -2.13. The first-order chi connectivity index (χ1) is 9.79. The fourth-order valence-corrected chi connectivity index (χ4v) is 2.45. The van der Waals surface area contributed by atoms with Gasteiger partial charge in [0.25, 0.3) is 0 Å². The molecule has 0 aliphatic carbocycles. The van der Waals surface area contributed by atoms with Crippen LogP contribution in [-0.4, -0.2) is 26.3 Å². The summed E-state index contributed by atoms with van der Waals surface area (Å²) in [6.45, 7) is 1.90. The molecule has 0 aliphatic heterocycles. The Morgan fingerprint density at radius 3 is 2.38 bits per heavy atom. The zero-order chi connectivity index (χ0) is 15.6. The Balaban J connectivity index is 2.05. The summed E-state index contributed by atoms with van der Waals surface area (Å²) in [7, 11) is 1.22. The van der Waals surface area contributed by atoms with E-state index in [1.807, 2.05) is 19.1 Å². The lowest BCUT2D eigenvalue weighted by Gasteiger charge is -2.06. The number of carbonyl (C=O) groups excluding carboxylic acids is 1. The number of carbonyl (C=O) groups is 1. The van der Waals surface area contributed by atoms with Gasteiger partial charge in [0, 0.05) is 12.6 Å². The van der Waals surface area contributed by atoms with Gasteiger partial charge < -0.3 is 4.57 Å². The Morgan fingerprint density at radius 1 is 1.24 bits per heavy atom. The van der Waals surface area contributed by atoms with Gasteiger partial charge in [0.15, 0.2) is 10.9 Å². The van der Waals surface area contributed by atoms with E-state index in [-0.39, 0.29) is 16.7 Å². The number of aryl methyl sites for hydroxylation is 1. The van der Waals surface area contributed by atoms with Crippen LogP contribution in [0.25, 0.3) is 0 Å². The second-order valence-electron chi connectivity index (χ2n) is 4.44. The van der Waals surface area contributed by atoms with Crippen LogP contribution in [0.4, 0.5) is 13.2 Å². The molecule has 0 N–H and O–H groups in total. The van der Waals surface area contributed by atoms with Crippen molar-refractivity contribution in [1.82, 2.24) is 14.8 Å². The van der Waals surface area contributed by atoms with Crippen molar-refractivity contribution in [2.75, 3.05) is 5.75 Å². The smallest absolute Gasteiger partial charge is 0.302 e. The molecular weight excluding hydrogens is 303 g/mol. The highest BCUT2D eigenvalue weighted by Crippen LogP contribution is 2.29. The van der Waals surface area contributed by atoms with Crippen molar-refractivity contribution in [3.63, 3.8) is 0 Å². The number of nitrogens with zero attached hydrogens (tertiary/aromatic N) is 3. The van der Waals surface area contributed by atoms with Gasteiger partial charge in [-0.25, -0.2) is 0 Å². The van der Waals surface area contributed by atoms with E-state index in [4.69, 9.17) is 0 Å². The van der Waals surface area contributed by atoms with Crippen molar-refractivity contribution in [3.05, 3.63) is 41.2 Å². The molecule has 0 spiro atoms. The summed E-state index contributed by atoms with van der Waals surface area (Å²) in [4.78, 5) is 11.9. The molecule has 1 aromatic heterocycles. The van der Waals surface area contributed by atoms with Gasteiger partial charge in [-0.15, -0.1) is 10.2 Å². The summed E-state index contributed by atoms with van der Waals surface area (Å²) < 4.78 is 38.5. The number of thioether (sulfide) groups is 1. The highest BCUT2D eigenvalue weighted by molar-refractivity contribution is 7.99. The summed E-state index contributed by atoms with van der Waals surface area (Å²) in [6.07, 6.45) is -4.55. The fraction of sp³-hybridized carbons (Fsp3) is 0.308. The van der Waals surface area contributed by atoms with Crippen LogP contribution in [0.5, 0.6) is 0 Å². The second kappa shape index (κ2) is 5.88. The molecule has 0 aliphatic rings. The molecule has 0 saturated heterocycles. The Kier molecular flexibility index (Phi) is 4.36. The third kappa shape index (κ3) is 3.63.